The van der Waals surface area contributed by atoms with E-state index in [1.165, 1.54) is 19.3 Å². The zero-order chi connectivity index (χ0) is 8.97. The molecule has 1 atom stereocenters. The predicted molar refractivity (Wildman–Crippen MR) is 49.6 cm³/mol. The molecule has 3 heteroatoms. The minimum Gasteiger partial charge on any atom is -0.374 e. The number of likely N-dealkylation sites (tertiary alicyclic amines) is 1. The van der Waals surface area contributed by atoms with Crippen LogP contribution in [-0.2, 0) is 4.74 Å². The van der Waals surface area contributed by atoms with E-state index in [2.05, 4.69) is 4.90 Å². The van der Waals surface area contributed by atoms with Crippen molar-refractivity contribution in [2.45, 2.75) is 32.3 Å². The van der Waals surface area contributed by atoms with E-state index < -0.39 is 0 Å². The van der Waals surface area contributed by atoms with Crippen molar-refractivity contribution in [1.29, 1.82) is 5.41 Å². The van der Waals surface area contributed by atoms with Gasteiger partial charge in [-0.3, -0.25) is 5.41 Å². The third-order valence-corrected chi connectivity index (χ3v) is 2.44. The summed E-state index contributed by atoms with van der Waals surface area (Å²) in [4.78, 5) is 2.12. The van der Waals surface area contributed by atoms with Gasteiger partial charge in [0, 0.05) is 20.2 Å². The molecule has 0 amide bonds. The number of amidine groups is 1. The van der Waals surface area contributed by atoms with Gasteiger partial charge >= 0.3 is 0 Å². The maximum absolute atomic E-state index is 7.79. The lowest BCUT2D eigenvalue weighted by atomic mass is 10.1. The fraction of sp³-hybridized carbons (Fsp3) is 0.889. The molecule has 1 aliphatic rings. The molecule has 1 saturated heterocycles. The lowest BCUT2D eigenvalue weighted by Crippen LogP contribution is -2.41. The lowest BCUT2D eigenvalue weighted by Gasteiger charge is -2.31. The highest BCUT2D eigenvalue weighted by atomic mass is 16.5. The molecular weight excluding hydrogens is 152 g/mol. The van der Waals surface area contributed by atoms with Crippen LogP contribution in [0.15, 0.2) is 0 Å². The van der Waals surface area contributed by atoms with Gasteiger partial charge in [0.05, 0.1) is 0 Å². The van der Waals surface area contributed by atoms with E-state index in [1.807, 2.05) is 6.92 Å². The first kappa shape index (κ1) is 9.52. The molecule has 1 N–H and O–H groups in total. The zero-order valence-corrected chi connectivity index (χ0v) is 7.97. The number of rotatable bonds is 2. The minimum absolute atomic E-state index is 0.0527. The monoisotopic (exact) mass is 170 g/mol. The Kier molecular flexibility index (Phi) is 3.53. The smallest absolute Gasteiger partial charge is 0.125 e. The topological polar surface area (TPSA) is 36.3 Å². The predicted octanol–water partition coefficient (Wildman–Crippen LogP) is 1.48. The van der Waals surface area contributed by atoms with Crippen molar-refractivity contribution < 1.29 is 4.74 Å². The van der Waals surface area contributed by atoms with Gasteiger partial charge in [-0.25, -0.2) is 0 Å². The van der Waals surface area contributed by atoms with Crippen molar-refractivity contribution in [2.24, 2.45) is 0 Å². The number of nitrogens with one attached hydrogen (secondary N) is 1. The van der Waals surface area contributed by atoms with Crippen molar-refractivity contribution in [3.63, 3.8) is 0 Å². The van der Waals surface area contributed by atoms with Gasteiger partial charge in [0.1, 0.15) is 11.9 Å². The summed E-state index contributed by atoms with van der Waals surface area (Å²) in [7, 11) is 1.66. The molecule has 1 aliphatic heterocycles. The minimum atomic E-state index is -0.0527. The summed E-state index contributed by atoms with van der Waals surface area (Å²) in [5, 5.41) is 7.79. The highest BCUT2D eigenvalue weighted by Gasteiger charge is 2.17. The van der Waals surface area contributed by atoms with E-state index in [0.717, 1.165) is 13.1 Å². The molecule has 12 heavy (non-hydrogen) atoms. The Hall–Kier alpha value is -0.570. The van der Waals surface area contributed by atoms with Gasteiger partial charge in [-0.2, -0.15) is 0 Å². The number of hydrogen-bond donors (Lipinski definition) is 1. The van der Waals surface area contributed by atoms with Gasteiger partial charge in [-0.1, -0.05) is 0 Å². The van der Waals surface area contributed by atoms with E-state index in [9.17, 15) is 0 Å². The highest BCUT2D eigenvalue weighted by molar-refractivity contribution is 5.83. The summed E-state index contributed by atoms with van der Waals surface area (Å²) in [5.74, 6) is 0.636. The van der Waals surface area contributed by atoms with Gasteiger partial charge in [0.25, 0.3) is 0 Å². The van der Waals surface area contributed by atoms with Crippen LogP contribution in [0.4, 0.5) is 0 Å². The highest BCUT2D eigenvalue weighted by Crippen LogP contribution is 2.10. The summed E-state index contributed by atoms with van der Waals surface area (Å²) >= 11 is 0. The largest absolute Gasteiger partial charge is 0.374 e. The van der Waals surface area contributed by atoms with E-state index >= 15 is 0 Å². The summed E-state index contributed by atoms with van der Waals surface area (Å²) in [6.45, 7) is 4.00. The average Bonchev–Trinajstić information content (AvgIpc) is 2.17. The Balaban J connectivity index is 2.39. The molecule has 0 radical (unpaired) electrons. The number of nitrogens with zero attached hydrogens (tertiary/aromatic N) is 1. The second-order valence-corrected chi connectivity index (χ2v) is 3.31. The normalized spacial score (nSPS) is 20.7. The Bertz CT molecular complexity index is 153. The first-order valence-corrected chi connectivity index (χ1v) is 4.62. The molecule has 3 nitrogen and oxygen atoms in total. The molecule has 70 valence electrons. The second kappa shape index (κ2) is 4.45. The van der Waals surface area contributed by atoms with Crippen LogP contribution in [0.5, 0.6) is 0 Å². The number of ether oxygens (including phenoxy) is 1. The van der Waals surface area contributed by atoms with Crippen LogP contribution in [0.25, 0.3) is 0 Å². The molecule has 0 bridgehead atoms. The van der Waals surface area contributed by atoms with E-state index in [-0.39, 0.29) is 6.10 Å². The molecule has 1 fully saturated rings. The molecule has 1 heterocycles. The Morgan fingerprint density at radius 1 is 1.33 bits per heavy atom. The van der Waals surface area contributed by atoms with Crippen molar-refractivity contribution >= 4 is 5.84 Å². The standard InChI is InChI=1S/C9H18N2O/c1-8(12-2)9(10)11-6-4-3-5-7-11/h8,10H,3-7H2,1-2H3. The van der Waals surface area contributed by atoms with E-state index in [4.69, 9.17) is 10.1 Å². The molecule has 0 aromatic rings. The van der Waals surface area contributed by atoms with Crippen molar-refractivity contribution in [3.8, 4) is 0 Å². The fourth-order valence-corrected chi connectivity index (χ4v) is 1.50. The van der Waals surface area contributed by atoms with Crippen LogP contribution in [0, 0.1) is 5.41 Å². The molecule has 0 aromatic heterocycles. The van der Waals surface area contributed by atoms with Gasteiger partial charge in [-0.05, 0) is 26.2 Å². The van der Waals surface area contributed by atoms with Gasteiger partial charge in [0.15, 0.2) is 0 Å². The van der Waals surface area contributed by atoms with Crippen molar-refractivity contribution in [2.75, 3.05) is 20.2 Å². The van der Waals surface area contributed by atoms with Crippen LogP contribution in [0.3, 0.4) is 0 Å². The maximum atomic E-state index is 7.79. The Morgan fingerprint density at radius 2 is 1.92 bits per heavy atom. The van der Waals surface area contributed by atoms with Crippen LogP contribution >= 0.6 is 0 Å². The maximum Gasteiger partial charge on any atom is 0.125 e. The van der Waals surface area contributed by atoms with Crippen LogP contribution in [0.2, 0.25) is 0 Å². The SMILES string of the molecule is COC(C)C(=N)N1CCCCC1. The molecule has 0 aromatic carbocycles. The molecule has 0 aliphatic carbocycles. The number of methoxy groups -OCH3 is 1. The van der Waals surface area contributed by atoms with Crippen molar-refractivity contribution in [1.82, 2.24) is 4.90 Å². The second-order valence-electron chi connectivity index (χ2n) is 3.31. The van der Waals surface area contributed by atoms with E-state index in [1.54, 1.807) is 7.11 Å². The first-order chi connectivity index (χ1) is 5.75. The third kappa shape index (κ3) is 2.21. The molecule has 1 unspecified atom stereocenters. The van der Waals surface area contributed by atoms with Gasteiger partial charge in [-0.15, -0.1) is 0 Å². The molecule has 0 saturated carbocycles. The van der Waals surface area contributed by atoms with Gasteiger partial charge in [0.2, 0.25) is 0 Å². The molecular formula is C9H18N2O. The number of hydrogen-bond acceptors (Lipinski definition) is 2. The Labute approximate surface area is 74.2 Å². The summed E-state index contributed by atoms with van der Waals surface area (Å²) in [6, 6.07) is 0. The molecule has 0 spiro atoms. The summed E-state index contributed by atoms with van der Waals surface area (Å²) < 4.78 is 5.10. The quantitative estimate of drug-likeness (QED) is 0.503. The van der Waals surface area contributed by atoms with Crippen LogP contribution < -0.4 is 0 Å². The summed E-state index contributed by atoms with van der Waals surface area (Å²) in [5.41, 5.74) is 0. The average molecular weight is 170 g/mol. The van der Waals surface area contributed by atoms with Gasteiger partial charge < -0.3 is 9.64 Å². The third-order valence-electron chi connectivity index (χ3n) is 2.44. The first-order valence-electron chi connectivity index (χ1n) is 4.62. The summed E-state index contributed by atoms with van der Waals surface area (Å²) in [6.07, 6.45) is 3.70. The molecule has 1 rings (SSSR count). The number of piperidine rings is 1. The Morgan fingerprint density at radius 3 is 2.42 bits per heavy atom. The lowest BCUT2D eigenvalue weighted by molar-refractivity contribution is 0.152. The fourth-order valence-electron chi connectivity index (χ4n) is 1.50. The van der Waals surface area contributed by atoms with E-state index in [0.29, 0.717) is 5.84 Å². The zero-order valence-electron chi connectivity index (χ0n) is 7.97. The van der Waals surface area contributed by atoms with Crippen LogP contribution in [-0.4, -0.2) is 37.0 Å². The van der Waals surface area contributed by atoms with Crippen LogP contribution in [0.1, 0.15) is 26.2 Å². The van der Waals surface area contributed by atoms with Crippen molar-refractivity contribution in [3.05, 3.63) is 0 Å².